The van der Waals surface area contributed by atoms with Crippen molar-refractivity contribution in [2.24, 2.45) is 10.9 Å². The van der Waals surface area contributed by atoms with E-state index in [4.69, 9.17) is 0 Å². The molecule has 1 aliphatic rings. The molecule has 1 fully saturated rings. The van der Waals surface area contributed by atoms with Crippen LogP contribution in [0.3, 0.4) is 0 Å². The Kier molecular flexibility index (Phi) is 11.4. The van der Waals surface area contributed by atoms with E-state index < -0.39 is 10.8 Å². The summed E-state index contributed by atoms with van der Waals surface area (Å²) in [6.07, 6.45) is 5.58. The van der Waals surface area contributed by atoms with Crippen molar-refractivity contribution in [3.63, 3.8) is 0 Å². The van der Waals surface area contributed by atoms with Gasteiger partial charge >= 0.3 is 0 Å². The highest BCUT2D eigenvalue weighted by Gasteiger charge is 2.26. The largest absolute Gasteiger partial charge is 0.355 e. The Morgan fingerprint density at radius 1 is 1.23 bits per heavy atom. The average molecular weight is 387 g/mol. The predicted octanol–water partition coefficient (Wildman–Crippen LogP) is 2.99. The summed E-state index contributed by atoms with van der Waals surface area (Å²) in [7, 11) is 1.16. The van der Waals surface area contributed by atoms with Crippen LogP contribution in [0.15, 0.2) is 4.99 Å². The van der Waals surface area contributed by atoms with Crippen molar-refractivity contribution in [1.29, 1.82) is 0 Å². The van der Waals surface area contributed by atoms with Gasteiger partial charge in [-0.2, -0.15) is 0 Å². The zero-order valence-corrected chi connectivity index (χ0v) is 18.7. The highest BCUT2D eigenvalue weighted by Crippen LogP contribution is 2.23. The van der Waals surface area contributed by atoms with Gasteiger partial charge in [-0.1, -0.05) is 41.0 Å². The van der Waals surface area contributed by atoms with Gasteiger partial charge in [0, 0.05) is 47.5 Å². The standard InChI is InChI=1S/C20H42N4OS/c1-7-24(8-2)18(13-16(4)5)15-22-20(21-6)23-17-11-10-12-19(14-17)26(25)9-3/h16-19H,7-15H2,1-6H3,(H2,21,22,23). The fraction of sp³-hybridized carbons (Fsp3) is 0.950. The van der Waals surface area contributed by atoms with Crippen LogP contribution < -0.4 is 10.6 Å². The molecule has 0 amide bonds. The third kappa shape index (κ3) is 7.95. The molecule has 6 heteroatoms. The normalized spacial score (nSPS) is 23.9. The molecule has 26 heavy (non-hydrogen) atoms. The molecular formula is C20H42N4OS. The number of rotatable bonds is 10. The summed E-state index contributed by atoms with van der Waals surface area (Å²) in [4.78, 5) is 6.96. The fourth-order valence-corrected chi connectivity index (χ4v) is 5.35. The van der Waals surface area contributed by atoms with E-state index in [1.165, 1.54) is 6.42 Å². The van der Waals surface area contributed by atoms with Gasteiger partial charge in [0.2, 0.25) is 0 Å². The second-order valence-electron chi connectivity index (χ2n) is 7.76. The van der Waals surface area contributed by atoms with Gasteiger partial charge in [-0.15, -0.1) is 0 Å². The zero-order chi connectivity index (χ0) is 19.5. The molecule has 1 rings (SSSR count). The summed E-state index contributed by atoms with van der Waals surface area (Å²) in [6.45, 7) is 14.1. The van der Waals surface area contributed by atoms with E-state index in [0.29, 0.717) is 23.3 Å². The van der Waals surface area contributed by atoms with Crippen LogP contribution in [0.1, 0.15) is 66.7 Å². The third-order valence-electron chi connectivity index (χ3n) is 5.42. The summed E-state index contributed by atoms with van der Waals surface area (Å²) < 4.78 is 12.2. The first kappa shape index (κ1) is 23.4. The van der Waals surface area contributed by atoms with Crippen LogP contribution in [0.5, 0.6) is 0 Å². The Morgan fingerprint density at radius 2 is 1.92 bits per heavy atom. The first-order valence-electron chi connectivity index (χ1n) is 10.5. The van der Waals surface area contributed by atoms with Gasteiger partial charge in [-0.25, -0.2) is 0 Å². The van der Waals surface area contributed by atoms with Crippen LogP contribution in [-0.4, -0.2) is 64.8 Å². The van der Waals surface area contributed by atoms with Gasteiger partial charge in [0.15, 0.2) is 5.96 Å². The SMILES string of the molecule is CCN(CC)C(CNC(=NC)NC1CCCC(S(=O)CC)C1)CC(C)C. The lowest BCUT2D eigenvalue weighted by molar-refractivity contribution is 0.191. The number of hydrogen-bond acceptors (Lipinski definition) is 3. The molecule has 0 aromatic rings. The molecule has 1 saturated carbocycles. The minimum atomic E-state index is -0.684. The second kappa shape index (κ2) is 12.7. The first-order chi connectivity index (χ1) is 12.4. The lowest BCUT2D eigenvalue weighted by Crippen LogP contribution is -2.51. The van der Waals surface area contributed by atoms with E-state index in [9.17, 15) is 4.21 Å². The number of nitrogens with zero attached hydrogens (tertiary/aromatic N) is 2. The van der Waals surface area contributed by atoms with E-state index in [2.05, 4.69) is 48.2 Å². The minimum Gasteiger partial charge on any atom is -0.355 e. The molecule has 4 atom stereocenters. The number of nitrogens with one attached hydrogen (secondary N) is 2. The van der Waals surface area contributed by atoms with Gasteiger partial charge in [0.05, 0.1) is 0 Å². The van der Waals surface area contributed by atoms with Gasteiger partial charge in [0.25, 0.3) is 0 Å². The van der Waals surface area contributed by atoms with Gasteiger partial charge < -0.3 is 10.6 Å². The Bertz CT molecular complexity index is 438. The lowest BCUT2D eigenvalue weighted by atomic mass is 9.95. The van der Waals surface area contributed by atoms with Crippen LogP contribution >= 0.6 is 0 Å². The molecule has 1 aliphatic carbocycles. The van der Waals surface area contributed by atoms with Crippen molar-refractivity contribution in [3.8, 4) is 0 Å². The highest BCUT2D eigenvalue weighted by atomic mass is 32.2. The van der Waals surface area contributed by atoms with Gasteiger partial charge in [0.1, 0.15) is 0 Å². The van der Waals surface area contributed by atoms with Crippen LogP contribution in [0.2, 0.25) is 0 Å². The molecule has 4 unspecified atom stereocenters. The second-order valence-corrected chi connectivity index (χ2v) is 9.76. The Labute approximate surface area is 164 Å². The van der Waals surface area contributed by atoms with E-state index in [0.717, 1.165) is 57.0 Å². The molecule has 0 aliphatic heterocycles. The number of guanidine groups is 1. The smallest absolute Gasteiger partial charge is 0.191 e. The Hall–Kier alpha value is -0.620. The van der Waals surface area contributed by atoms with E-state index in [1.54, 1.807) is 0 Å². The summed E-state index contributed by atoms with van der Waals surface area (Å²) in [6, 6.07) is 0.905. The average Bonchev–Trinajstić information content (AvgIpc) is 2.64. The molecule has 0 spiro atoms. The molecule has 154 valence electrons. The molecule has 0 radical (unpaired) electrons. The molecule has 0 heterocycles. The number of likely N-dealkylation sites (N-methyl/N-ethyl adjacent to an activating group) is 1. The highest BCUT2D eigenvalue weighted by molar-refractivity contribution is 7.85. The van der Waals surface area contributed by atoms with E-state index in [-0.39, 0.29) is 0 Å². The molecular weight excluding hydrogens is 344 g/mol. The lowest BCUT2D eigenvalue weighted by Gasteiger charge is -2.33. The zero-order valence-electron chi connectivity index (χ0n) is 17.9. The molecule has 0 saturated heterocycles. The predicted molar refractivity (Wildman–Crippen MR) is 115 cm³/mol. The quantitative estimate of drug-likeness (QED) is 0.448. The molecule has 0 bridgehead atoms. The van der Waals surface area contributed by atoms with E-state index in [1.807, 2.05) is 14.0 Å². The van der Waals surface area contributed by atoms with Crippen LogP contribution in [0.25, 0.3) is 0 Å². The van der Waals surface area contributed by atoms with Crippen molar-refractivity contribution in [2.75, 3.05) is 32.4 Å². The molecule has 2 N–H and O–H groups in total. The number of hydrogen-bond donors (Lipinski definition) is 2. The third-order valence-corrected chi connectivity index (χ3v) is 7.16. The first-order valence-corrected chi connectivity index (χ1v) is 11.9. The molecule has 0 aromatic heterocycles. The van der Waals surface area contributed by atoms with E-state index >= 15 is 0 Å². The topological polar surface area (TPSA) is 56.7 Å². The Balaban J connectivity index is 2.58. The molecule has 0 aromatic carbocycles. The number of aliphatic imine (C=N–C) groups is 1. The minimum absolute atomic E-state index is 0.341. The molecule has 5 nitrogen and oxygen atoms in total. The van der Waals surface area contributed by atoms with Crippen LogP contribution in [0, 0.1) is 5.92 Å². The van der Waals surface area contributed by atoms with Crippen molar-refractivity contribution >= 4 is 16.8 Å². The maximum atomic E-state index is 12.2. The van der Waals surface area contributed by atoms with Crippen molar-refractivity contribution < 1.29 is 4.21 Å². The fourth-order valence-electron chi connectivity index (χ4n) is 4.00. The van der Waals surface area contributed by atoms with Gasteiger partial charge in [-0.05, 0) is 44.7 Å². The maximum absolute atomic E-state index is 12.2. The summed E-state index contributed by atoms with van der Waals surface area (Å²) in [5.74, 6) is 2.34. The maximum Gasteiger partial charge on any atom is 0.191 e. The summed E-state index contributed by atoms with van der Waals surface area (Å²) in [5.41, 5.74) is 0. The summed E-state index contributed by atoms with van der Waals surface area (Å²) in [5, 5.41) is 7.48. The monoisotopic (exact) mass is 386 g/mol. The summed E-state index contributed by atoms with van der Waals surface area (Å²) >= 11 is 0. The van der Waals surface area contributed by atoms with Crippen molar-refractivity contribution in [1.82, 2.24) is 15.5 Å². The van der Waals surface area contributed by atoms with Crippen LogP contribution in [-0.2, 0) is 10.8 Å². The van der Waals surface area contributed by atoms with Crippen molar-refractivity contribution in [3.05, 3.63) is 0 Å². The van der Waals surface area contributed by atoms with Gasteiger partial charge in [-0.3, -0.25) is 14.1 Å². The van der Waals surface area contributed by atoms with Crippen LogP contribution in [0.4, 0.5) is 0 Å². The Morgan fingerprint density at radius 3 is 2.46 bits per heavy atom. The van der Waals surface area contributed by atoms with Crippen molar-refractivity contribution in [2.45, 2.75) is 84.1 Å².